The predicted octanol–water partition coefficient (Wildman–Crippen LogP) is 2.20. The molecule has 0 amide bonds. The Morgan fingerprint density at radius 3 is 2.56 bits per heavy atom. The Morgan fingerprint density at radius 1 is 1.16 bits per heavy atom. The van der Waals surface area contributed by atoms with E-state index in [9.17, 15) is 4.79 Å². The SMILES string of the molecule is COc1cc2c(cc1OC)[C@@]13CCN(C)[C@@H](C2)[C@H]1C[C@@H](OC)C(=O)C3. The van der Waals surface area contributed by atoms with Crippen LogP contribution in [-0.4, -0.2) is 57.8 Å². The van der Waals surface area contributed by atoms with Crippen molar-refractivity contribution in [2.75, 3.05) is 34.9 Å². The molecule has 1 aromatic carbocycles. The number of hydrogen-bond donors (Lipinski definition) is 0. The minimum atomic E-state index is -0.256. The molecule has 136 valence electrons. The fourth-order valence-electron chi connectivity index (χ4n) is 5.53. The summed E-state index contributed by atoms with van der Waals surface area (Å²) in [5.41, 5.74) is 2.51. The fraction of sp³-hybridized carbons (Fsp3) is 0.650. The van der Waals surface area contributed by atoms with Gasteiger partial charge in [0.15, 0.2) is 17.3 Å². The molecule has 1 heterocycles. The second-order valence-corrected chi connectivity index (χ2v) is 7.73. The summed E-state index contributed by atoms with van der Waals surface area (Å²) in [5.74, 6) is 2.21. The number of fused-ring (bicyclic) bond motifs is 1. The third-order valence-corrected chi connectivity index (χ3v) is 6.83. The molecule has 4 rings (SSSR count). The highest BCUT2D eigenvalue weighted by atomic mass is 16.5. The molecular weight excluding hydrogens is 318 g/mol. The van der Waals surface area contributed by atoms with Crippen LogP contribution in [0.5, 0.6) is 11.5 Å². The van der Waals surface area contributed by atoms with Crippen LogP contribution in [0.1, 0.15) is 30.4 Å². The summed E-state index contributed by atoms with van der Waals surface area (Å²) in [6.45, 7) is 1.03. The molecule has 0 aromatic heterocycles. The Balaban J connectivity index is 1.88. The Kier molecular flexibility index (Phi) is 4.04. The van der Waals surface area contributed by atoms with Gasteiger partial charge in [-0.1, -0.05) is 0 Å². The van der Waals surface area contributed by atoms with E-state index in [-0.39, 0.29) is 17.3 Å². The number of hydrogen-bond acceptors (Lipinski definition) is 5. The molecule has 4 atom stereocenters. The molecule has 3 aliphatic rings. The standard InChI is InChI=1S/C20H27NO4/c1-21-6-5-20-11-16(22)17(23-2)10-14(20)15(21)7-12-8-18(24-3)19(25-4)9-13(12)20/h8-9,14-15,17H,5-7,10-11H2,1-4H3/t14-,15+,17-,20+/m1/s1. The van der Waals surface area contributed by atoms with Gasteiger partial charge in [-0.25, -0.2) is 0 Å². The van der Waals surface area contributed by atoms with Crippen LogP contribution in [0.2, 0.25) is 0 Å². The Labute approximate surface area is 149 Å². The number of Topliss-reactive ketones (excluding diaryl/α,β-unsaturated/α-hetero) is 1. The van der Waals surface area contributed by atoms with Crippen LogP contribution >= 0.6 is 0 Å². The van der Waals surface area contributed by atoms with Crippen LogP contribution in [0.3, 0.4) is 0 Å². The maximum absolute atomic E-state index is 12.7. The number of ketones is 1. The van der Waals surface area contributed by atoms with Gasteiger partial charge >= 0.3 is 0 Å². The second kappa shape index (κ2) is 5.99. The molecule has 0 spiro atoms. The van der Waals surface area contributed by atoms with Crippen molar-refractivity contribution in [2.45, 2.75) is 43.2 Å². The van der Waals surface area contributed by atoms with Gasteiger partial charge < -0.3 is 19.1 Å². The average Bonchev–Trinajstić information content (AvgIpc) is 2.63. The lowest BCUT2D eigenvalue weighted by molar-refractivity contribution is -0.141. The number of likely N-dealkylation sites (N-methyl/N-ethyl adjacent to an activating group) is 1. The van der Waals surface area contributed by atoms with Gasteiger partial charge in [0.05, 0.1) is 14.2 Å². The summed E-state index contributed by atoms with van der Waals surface area (Å²) in [6.07, 6.45) is 3.13. The van der Waals surface area contributed by atoms with Crippen molar-refractivity contribution in [1.29, 1.82) is 0 Å². The monoisotopic (exact) mass is 345 g/mol. The lowest BCUT2D eigenvalue weighted by Gasteiger charge is -2.58. The van der Waals surface area contributed by atoms with Crippen molar-refractivity contribution in [3.05, 3.63) is 23.3 Å². The van der Waals surface area contributed by atoms with Crippen LogP contribution in [0.15, 0.2) is 12.1 Å². The van der Waals surface area contributed by atoms with E-state index < -0.39 is 0 Å². The Hall–Kier alpha value is -1.59. The average molecular weight is 345 g/mol. The molecule has 1 saturated heterocycles. The molecule has 0 radical (unpaired) electrons. The third-order valence-electron chi connectivity index (χ3n) is 6.83. The molecule has 2 bridgehead atoms. The zero-order valence-corrected chi connectivity index (χ0v) is 15.5. The Bertz CT molecular complexity index is 703. The van der Waals surface area contributed by atoms with Gasteiger partial charge in [0.1, 0.15) is 6.10 Å². The zero-order chi connectivity index (χ0) is 17.8. The molecule has 0 N–H and O–H groups in total. The van der Waals surface area contributed by atoms with Crippen molar-refractivity contribution in [3.63, 3.8) is 0 Å². The second-order valence-electron chi connectivity index (χ2n) is 7.73. The predicted molar refractivity (Wildman–Crippen MR) is 94.5 cm³/mol. The molecule has 1 aromatic rings. The van der Waals surface area contributed by atoms with Crippen molar-refractivity contribution >= 4 is 5.78 Å². The normalized spacial score (nSPS) is 34.2. The molecule has 0 unspecified atom stereocenters. The molecule has 5 nitrogen and oxygen atoms in total. The number of benzene rings is 1. The summed E-state index contributed by atoms with van der Waals surface area (Å²) in [7, 11) is 7.21. The van der Waals surface area contributed by atoms with Crippen LogP contribution in [0.4, 0.5) is 0 Å². The highest BCUT2D eigenvalue weighted by Gasteiger charge is 2.57. The van der Waals surface area contributed by atoms with Crippen molar-refractivity contribution in [1.82, 2.24) is 4.90 Å². The van der Waals surface area contributed by atoms with Gasteiger partial charge in [-0.15, -0.1) is 0 Å². The van der Waals surface area contributed by atoms with Crippen LogP contribution in [0.25, 0.3) is 0 Å². The smallest absolute Gasteiger partial charge is 0.162 e. The number of carbonyl (C=O) groups is 1. The summed E-state index contributed by atoms with van der Waals surface area (Å²) in [6, 6.07) is 4.69. The molecule has 2 aliphatic carbocycles. The van der Waals surface area contributed by atoms with Crippen LogP contribution < -0.4 is 9.47 Å². The first-order chi connectivity index (χ1) is 12.0. The van der Waals surface area contributed by atoms with Gasteiger partial charge in [0.25, 0.3) is 0 Å². The molecule has 25 heavy (non-hydrogen) atoms. The highest BCUT2D eigenvalue weighted by molar-refractivity contribution is 5.86. The first-order valence-corrected chi connectivity index (χ1v) is 9.05. The lowest BCUT2D eigenvalue weighted by atomic mass is 9.51. The van der Waals surface area contributed by atoms with E-state index in [1.54, 1.807) is 21.3 Å². The fourth-order valence-corrected chi connectivity index (χ4v) is 5.53. The first-order valence-electron chi connectivity index (χ1n) is 9.05. The minimum absolute atomic E-state index is 0.0869. The minimum Gasteiger partial charge on any atom is -0.493 e. The highest BCUT2D eigenvalue weighted by Crippen LogP contribution is 2.56. The van der Waals surface area contributed by atoms with Gasteiger partial charge in [-0.3, -0.25) is 4.79 Å². The van der Waals surface area contributed by atoms with Crippen LogP contribution in [0, 0.1) is 5.92 Å². The summed E-state index contributed by atoms with van der Waals surface area (Å²) < 4.78 is 16.6. The van der Waals surface area contributed by atoms with E-state index in [2.05, 4.69) is 24.1 Å². The van der Waals surface area contributed by atoms with Gasteiger partial charge in [-0.2, -0.15) is 0 Å². The number of ether oxygens (including phenoxy) is 3. The third kappa shape index (κ3) is 2.32. The van der Waals surface area contributed by atoms with Crippen molar-refractivity contribution in [2.24, 2.45) is 5.92 Å². The van der Waals surface area contributed by atoms with Crippen LogP contribution in [-0.2, 0) is 21.4 Å². The van der Waals surface area contributed by atoms with E-state index >= 15 is 0 Å². The number of rotatable bonds is 3. The molecule has 1 saturated carbocycles. The molecule has 1 aliphatic heterocycles. The summed E-state index contributed by atoms with van der Waals surface area (Å²) in [5, 5.41) is 0. The maximum atomic E-state index is 12.7. The zero-order valence-electron chi connectivity index (χ0n) is 15.5. The summed E-state index contributed by atoms with van der Waals surface area (Å²) in [4.78, 5) is 15.2. The number of nitrogens with zero attached hydrogens (tertiary/aromatic N) is 1. The van der Waals surface area contributed by atoms with E-state index in [1.807, 2.05) is 0 Å². The van der Waals surface area contributed by atoms with Gasteiger partial charge in [0.2, 0.25) is 0 Å². The van der Waals surface area contributed by atoms with Gasteiger partial charge in [-0.05, 0) is 62.0 Å². The number of piperidine rings is 1. The molecule has 5 heteroatoms. The number of carbonyl (C=O) groups excluding carboxylic acids is 1. The van der Waals surface area contributed by atoms with E-state index in [1.165, 1.54) is 11.1 Å². The largest absolute Gasteiger partial charge is 0.493 e. The van der Waals surface area contributed by atoms with Crippen molar-refractivity contribution in [3.8, 4) is 11.5 Å². The molecular formula is C20H27NO4. The van der Waals surface area contributed by atoms with Crippen molar-refractivity contribution < 1.29 is 19.0 Å². The van der Waals surface area contributed by atoms with Gasteiger partial charge in [0, 0.05) is 25.0 Å². The topological polar surface area (TPSA) is 48.0 Å². The van der Waals surface area contributed by atoms with E-state index in [4.69, 9.17) is 14.2 Å². The van der Waals surface area contributed by atoms with E-state index in [0.29, 0.717) is 18.4 Å². The lowest BCUT2D eigenvalue weighted by Crippen LogP contribution is -2.63. The first kappa shape index (κ1) is 16.9. The van der Waals surface area contributed by atoms with E-state index in [0.717, 1.165) is 37.3 Å². The maximum Gasteiger partial charge on any atom is 0.162 e. The molecule has 2 fully saturated rings. The summed E-state index contributed by atoms with van der Waals surface area (Å²) >= 11 is 0. The number of methoxy groups -OCH3 is 3. The Morgan fingerprint density at radius 2 is 1.88 bits per heavy atom. The number of likely N-dealkylation sites (tertiary alicyclic amines) is 1. The quantitative estimate of drug-likeness (QED) is 0.840.